The van der Waals surface area contributed by atoms with Crippen LogP contribution in [0.15, 0.2) is 36.5 Å². The maximum atomic E-state index is 12.9. The Balaban J connectivity index is 1.62. The molecule has 0 spiro atoms. The Hall–Kier alpha value is -3.17. The topological polar surface area (TPSA) is 78.4 Å². The Labute approximate surface area is 164 Å². The lowest BCUT2D eigenvalue weighted by atomic mass is 10.1. The molecular formula is C19H18F3N5O2. The molecule has 0 aliphatic carbocycles. The number of nitrogens with zero attached hydrogens (tertiary/aromatic N) is 4. The first-order valence-corrected chi connectivity index (χ1v) is 9.19. The summed E-state index contributed by atoms with van der Waals surface area (Å²) in [5.41, 5.74) is 0.605. The second-order valence-electron chi connectivity index (χ2n) is 6.98. The highest BCUT2D eigenvalue weighted by molar-refractivity contribution is 6.05. The van der Waals surface area contributed by atoms with Crippen molar-refractivity contribution in [2.45, 2.75) is 31.5 Å². The smallest absolute Gasteiger partial charge is 0.366 e. The predicted molar refractivity (Wildman–Crippen MR) is 100 cm³/mol. The molecule has 2 aliphatic rings. The normalized spacial score (nSPS) is 17.8. The summed E-state index contributed by atoms with van der Waals surface area (Å²) in [7, 11) is 0. The second kappa shape index (κ2) is 7.34. The van der Waals surface area contributed by atoms with E-state index in [9.17, 15) is 22.8 Å². The molecule has 1 atom stereocenters. The van der Waals surface area contributed by atoms with E-state index in [1.807, 2.05) is 0 Å². The molecule has 1 N–H and O–H groups in total. The average Bonchev–Trinajstić information content (AvgIpc) is 3.10. The molecule has 2 aliphatic heterocycles. The number of alkyl halides is 3. The number of carbonyl (C=O) groups excluding carboxylic acids is 2. The van der Waals surface area contributed by atoms with Crippen LogP contribution in [0.25, 0.3) is 0 Å². The molecule has 152 valence electrons. The van der Waals surface area contributed by atoms with Gasteiger partial charge in [0.15, 0.2) is 11.6 Å². The summed E-state index contributed by atoms with van der Waals surface area (Å²) in [5, 5.41) is 2.71. The zero-order valence-electron chi connectivity index (χ0n) is 15.3. The highest BCUT2D eigenvalue weighted by Gasteiger charge is 2.40. The summed E-state index contributed by atoms with van der Waals surface area (Å²) >= 11 is 0. The fourth-order valence-corrected chi connectivity index (χ4v) is 3.62. The quantitative estimate of drug-likeness (QED) is 0.786. The van der Waals surface area contributed by atoms with Gasteiger partial charge in [-0.3, -0.25) is 15.0 Å². The standard InChI is InChI=1S/C19H18F3N5O2/c20-19(21,22)8-6-15(28)13-4-5-14-17(24-13)27(12-7-10-26(14)11-12)18(29)25-16-3-1-2-9-23-16/h1-5,9,12H,6-8,10-11H2,(H,23,25,29)/t12-/m0/s1. The van der Waals surface area contributed by atoms with E-state index in [2.05, 4.69) is 20.2 Å². The number of pyridine rings is 2. The number of urea groups is 1. The van der Waals surface area contributed by atoms with Gasteiger partial charge < -0.3 is 4.90 Å². The van der Waals surface area contributed by atoms with Gasteiger partial charge in [0, 0.05) is 25.7 Å². The maximum absolute atomic E-state index is 12.9. The van der Waals surface area contributed by atoms with Crippen LogP contribution in [0.2, 0.25) is 0 Å². The molecular weight excluding hydrogens is 387 g/mol. The molecule has 10 heteroatoms. The number of hydrogen-bond donors (Lipinski definition) is 1. The Bertz CT molecular complexity index is 935. The van der Waals surface area contributed by atoms with Gasteiger partial charge in [-0.2, -0.15) is 13.2 Å². The number of anilines is 3. The van der Waals surface area contributed by atoms with Crippen LogP contribution < -0.4 is 15.1 Å². The Morgan fingerprint density at radius 1 is 1.21 bits per heavy atom. The van der Waals surface area contributed by atoms with E-state index in [1.165, 1.54) is 11.0 Å². The SMILES string of the molecule is O=C(CCC(F)(F)F)c1ccc2c(n1)N(C(=O)Nc1ccccn1)[C@H]1CCN2C1. The van der Waals surface area contributed by atoms with Crippen LogP contribution in [0.4, 0.5) is 35.3 Å². The van der Waals surface area contributed by atoms with Gasteiger partial charge in [-0.25, -0.2) is 14.8 Å². The van der Waals surface area contributed by atoms with Crippen molar-refractivity contribution in [3.8, 4) is 0 Å². The third-order valence-electron chi connectivity index (χ3n) is 4.99. The Morgan fingerprint density at radius 2 is 2.03 bits per heavy atom. The lowest BCUT2D eigenvalue weighted by Crippen LogP contribution is -2.48. The molecule has 0 aromatic carbocycles. The van der Waals surface area contributed by atoms with E-state index in [1.54, 1.807) is 30.5 Å². The summed E-state index contributed by atoms with van der Waals surface area (Å²) in [6, 6.07) is 7.59. The van der Waals surface area contributed by atoms with Crippen molar-refractivity contribution in [1.82, 2.24) is 9.97 Å². The monoisotopic (exact) mass is 405 g/mol. The minimum atomic E-state index is -4.41. The highest BCUT2D eigenvalue weighted by atomic mass is 19.4. The maximum Gasteiger partial charge on any atom is 0.389 e. The van der Waals surface area contributed by atoms with E-state index in [4.69, 9.17) is 0 Å². The molecule has 2 aromatic rings. The Kier molecular flexibility index (Phi) is 4.85. The van der Waals surface area contributed by atoms with E-state index < -0.39 is 30.8 Å². The number of nitrogens with one attached hydrogen (secondary N) is 1. The van der Waals surface area contributed by atoms with Gasteiger partial charge in [0.05, 0.1) is 18.2 Å². The second-order valence-corrected chi connectivity index (χ2v) is 6.98. The van der Waals surface area contributed by atoms with Gasteiger partial charge >= 0.3 is 12.2 Å². The number of carbonyl (C=O) groups is 2. The van der Waals surface area contributed by atoms with Crippen LogP contribution >= 0.6 is 0 Å². The largest absolute Gasteiger partial charge is 0.389 e. The number of ketones is 1. The lowest BCUT2D eigenvalue weighted by molar-refractivity contribution is -0.133. The first kappa shape index (κ1) is 19.2. The minimum Gasteiger partial charge on any atom is -0.366 e. The highest BCUT2D eigenvalue weighted by Crippen LogP contribution is 2.39. The van der Waals surface area contributed by atoms with Crippen LogP contribution in [-0.2, 0) is 0 Å². The fourth-order valence-electron chi connectivity index (χ4n) is 3.62. The van der Waals surface area contributed by atoms with E-state index in [0.717, 1.165) is 13.0 Å². The third-order valence-corrected chi connectivity index (χ3v) is 4.99. The Morgan fingerprint density at radius 3 is 2.76 bits per heavy atom. The summed E-state index contributed by atoms with van der Waals surface area (Å²) in [4.78, 5) is 37.1. The number of fused-ring (bicyclic) bond motifs is 4. The molecule has 0 radical (unpaired) electrons. The molecule has 29 heavy (non-hydrogen) atoms. The van der Waals surface area contributed by atoms with Crippen LogP contribution in [0.5, 0.6) is 0 Å². The van der Waals surface area contributed by atoms with Crippen LogP contribution in [0.3, 0.4) is 0 Å². The first-order valence-electron chi connectivity index (χ1n) is 9.19. The zero-order valence-corrected chi connectivity index (χ0v) is 15.3. The molecule has 0 saturated carbocycles. The number of halogens is 3. The van der Waals surface area contributed by atoms with Crippen molar-refractivity contribution in [3.05, 3.63) is 42.2 Å². The molecule has 7 nitrogen and oxygen atoms in total. The summed E-state index contributed by atoms with van der Waals surface area (Å²) in [5.74, 6) is -0.0509. The van der Waals surface area contributed by atoms with Crippen LogP contribution in [-0.4, -0.2) is 47.1 Å². The number of Topliss-reactive ketones (excluding diaryl/α,β-unsaturated/α-hetero) is 1. The zero-order chi connectivity index (χ0) is 20.6. The third kappa shape index (κ3) is 4.01. The van der Waals surface area contributed by atoms with Gasteiger partial charge in [-0.1, -0.05) is 6.07 Å². The minimum absolute atomic E-state index is 0.0777. The molecule has 1 fully saturated rings. The van der Waals surface area contributed by atoms with Crippen molar-refractivity contribution < 1.29 is 22.8 Å². The molecule has 1 saturated heterocycles. The lowest BCUT2D eigenvalue weighted by Gasteiger charge is -2.35. The van der Waals surface area contributed by atoms with Crippen LogP contribution in [0, 0.1) is 0 Å². The van der Waals surface area contributed by atoms with E-state index in [0.29, 0.717) is 18.1 Å². The molecule has 2 amide bonds. The van der Waals surface area contributed by atoms with E-state index >= 15 is 0 Å². The summed E-state index contributed by atoms with van der Waals surface area (Å²) in [6.45, 7) is 1.36. The number of rotatable bonds is 4. The van der Waals surface area contributed by atoms with Crippen molar-refractivity contribution in [3.63, 3.8) is 0 Å². The van der Waals surface area contributed by atoms with Crippen molar-refractivity contribution in [1.29, 1.82) is 0 Å². The van der Waals surface area contributed by atoms with Crippen molar-refractivity contribution in [2.24, 2.45) is 0 Å². The first-order chi connectivity index (χ1) is 13.8. The van der Waals surface area contributed by atoms with Gasteiger partial charge in [0.1, 0.15) is 11.5 Å². The van der Waals surface area contributed by atoms with Gasteiger partial charge in [0.25, 0.3) is 0 Å². The van der Waals surface area contributed by atoms with E-state index in [-0.39, 0.29) is 17.6 Å². The van der Waals surface area contributed by atoms with Gasteiger partial charge in [-0.05, 0) is 30.7 Å². The summed E-state index contributed by atoms with van der Waals surface area (Å²) in [6.07, 6.45) is -4.02. The number of amides is 2. The van der Waals surface area contributed by atoms with Gasteiger partial charge in [0.2, 0.25) is 0 Å². The van der Waals surface area contributed by atoms with Crippen LogP contribution in [0.1, 0.15) is 29.8 Å². The van der Waals surface area contributed by atoms with Gasteiger partial charge in [-0.15, -0.1) is 0 Å². The number of hydrogen-bond acceptors (Lipinski definition) is 5. The predicted octanol–water partition coefficient (Wildman–Crippen LogP) is 3.63. The molecule has 0 unspecified atom stereocenters. The molecule has 2 bridgehead atoms. The fraction of sp³-hybridized carbons (Fsp3) is 0.368. The summed E-state index contributed by atoms with van der Waals surface area (Å²) < 4.78 is 37.3. The average molecular weight is 405 g/mol. The number of aromatic nitrogens is 2. The molecule has 4 heterocycles. The molecule has 4 rings (SSSR count). The molecule has 2 aromatic heterocycles. The van der Waals surface area contributed by atoms with Crippen molar-refractivity contribution >= 4 is 29.1 Å². The van der Waals surface area contributed by atoms with Crippen molar-refractivity contribution in [2.75, 3.05) is 28.2 Å².